The minimum absolute atomic E-state index is 0.319. The van der Waals surface area contributed by atoms with E-state index in [0.29, 0.717) is 23.1 Å². The largest absolute Gasteiger partial charge is 0.390 e. The maximum absolute atomic E-state index is 9.93. The highest BCUT2D eigenvalue weighted by Crippen LogP contribution is 2.22. The predicted molar refractivity (Wildman–Crippen MR) is 79.8 cm³/mol. The molecule has 1 aromatic carbocycles. The predicted octanol–water partition coefficient (Wildman–Crippen LogP) is 2.54. The summed E-state index contributed by atoms with van der Waals surface area (Å²) in [6, 6.07) is 5.58. The molecule has 1 atom stereocenters. The minimum atomic E-state index is -0.319. The van der Waals surface area contributed by atoms with Crippen molar-refractivity contribution in [2.75, 3.05) is 26.2 Å². The second kappa shape index (κ2) is 7.46. The highest BCUT2D eigenvalue weighted by molar-refractivity contribution is 6.42. The van der Waals surface area contributed by atoms with E-state index in [2.05, 4.69) is 10.2 Å². The van der Waals surface area contributed by atoms with Crippen LogP contribution in [0.3, 0.4) is 0 Å². The lowest BCUT2D eigenvalue weighted by Crippen LogP contribution is -2.36. The van der Waals surface area contributed by atoms with Gasteiger partial charge in [0, 0.05) is 19.6 Å². The number of halogens is 2. The van der Waals surface area contributed by atoms with Gasteiger partial charge in [0.2, 0.25) is 0 Å². The van der Waals surface area contributed by atoms with Gasteiger partial charge in [0.25, 0.3) is 0 Å². The van der Waals surface area contributed by atoms with Gasteiger partial charge in [0.05, 0.1) is 16.1 Å². The number of benzene rings is 1. The molecule has 19 heavy (non-hydrogen) atoms. The molecule has 0 aliphatic carbocycles. The van der Waals surface area contributed by atoms with Gasteiger partial charge in [-0.3, -0.25) is 0 Å². The van der Waals surface area contributed by atoms with Crippen molar-refractivity contribution < 1.29 is 5.11 Å². The van der Waals surface area contributed by atoms with Crippen molar-refractivity contribution in [2.24, 2.45) is 0 Å². The van der Waals surface area contributed by atoms with E-state index in [-0.39, 0.29) is 6.10 Å². The number of hydrogen-bond donors (Lipinski definition) is 2. The molecule has 2 rings (SSSR count). The zero-order valence-corrected chi connectivity index (χ0v) is 12.4. The molecule has 0 amide bonds. The molecule has 1 aliphatic heterocycles. The van der Waals surface area contributed by atoms with Crippen LogP contribution in [0.5, 0.6) is 0 Å². The third kappa shape index (κ3) is 4.93. The molecule has 0 saturated carbocycles. The lowest BCUT2D eigenvalue weighted by Gasteiger charge is -2.19. The van der Waals surface area contributed by atoms with Gasteiger partial charge in [-0.25, -0.2) is 0 Å². The first kappa shape index (κ1) is 15.1. The average Bonchev–Trinajstić information content (AvgIpc) is 2.86. The number of aliphatic hydroxyl groups excluding tert-OH is 1. The van der Waals surface area contributed by atoms with Crippen molar-refractivity contribution in [3.63, 3.8) is 0 Å². The Balaban J connectivity index is 1.68. The number of rotatable bonds is 6. The van der Waals surface area contributed by atoms with Gasteiger partial charge in [-0.2, -0.15) is 0 Å². The topological polar surface area (TPSA) is 35.5 Å². The van der Waals surface area contributed by atoms with Gasteiger partial charge in [-0.05, 0) is 43.6 Å². The van der Waals surface area contributed by atoms with Crippen LogP contribution in [0.1, 0.15) is 18.4 Å². The fourth-order valence-corrected chi connectivity index (χ4v) is 2.68. The Hall–Kier alpha value is -0.320. The van der Waals surface area contributed by atoms with Crippen LogP contribution in [-0.4, -0.2) is 42.3 Å². The van der Waals surface area contributed by atoms with Crippen molar-refractivity contribution in [2.45, 2.75) is 25.5 Å². The summed E-state index contributed by atoms with van der Waals surface area (Å²) in [6.45, 7) is 4.27. The second-order valence-electron chi connectivity index (χ2n) is 5.04. The SMILES string of the molecule is OC(CNCc1ccc(Cl)c(Cl)c1)CN1CCCC1. The highest BCUT2D eigenvalue weighted by Gasteiger charge is 2.15. The summed E-state index contributed by atoms with van der Waals surface area (Å²) >= 11 is 11.8. The van der Waals surface area contributed by atoms with Crippen molar-refractivity contribution in [1.29, 1.82) is 0 Å². The first-order valence-corrected chi connectivity index (χ1v) is 7.46. The molecule has 1 fully saturated rings. The zero-order chi connectivity index (χ0) is 13.7. The Morgan fingerprint density at radius 2 is 1.95 bits per heavy atom. The van der Waals surface area contributed by atoms with E-state index in [1.165, 1.54) is 12.8 Å². The summed E-state index contributed by atoms with van der Waals surface area (Å²) in [7, 11) is 0. The molecule has 0 radical (unpaired) electrons. The summed E-state index contributed by atoms with van der Waals surface area (Å²) in [6.07, 6.45) is 2.19. The fraction of sp³-hybridized carbons (Fsp3) is 0.571. The number of nitrogens with one attached hydrogen (secondary N) is 1. The van der Waals surface area contributed by atoms with Crippen LogP contribution in [0.4, 0.5) is 0 Å². The molecule has 5 heteroatoms. The smallest absolute Gasteiger partial charge is 0.0791 e. The Kier molecular flexibility index (Phi) is 5.92. The lowest BCUT2D eigenvalue weighted by molar-refractivity contribution is 0.123. The molecule has 106 valence electrons. The van der Waals surface area contributed by atoms with Crippen LogP contribution in [0.15, 0.2) is 18.2 Å². The van der Waals surface area contributed by atoms with Crippen molar-refractivity contribution in [1.82, 2.24) is 10.2 Å². The van der Waals surface area contributed by atoms with Gasteiger partial charge < -0.3 is 15.3 Å². The summed E-state index contributed by atoms with van der Waals surface area (Å²) in [5.74, 6) is 0. The quantitative estimate of drug-likeness (QED) is 0.848. The van der Waals surface area contributed by atoms with E-state index < -0.39 is 0 Å². The molecule has 0 aromatic heterocycles. The van der Waals surface area contributed by atoms with Gasteiger partial charge >= 0.3 is 0 Å². The van der Waals surface area contributed by atoms with Crippen LogP contribution < -0.4 is 5.32 Å². The Bertz CT molecular complexity index is 408. The number of nitrogens with zero attached hydrogens (tertiary/aromatic N) is 1. The Labute approximate surface area is 124 Å². The molecule has 1 unspecified atom stereocenters. The van der Waals surface area contributed by atoms with Gasteiger partial charge in [0.1, 0.15) is 0 Å². The van der Waals surface area contributed by atoms with E-state index in [4.69, 9.17) is 23.2 Å². The fourth-order valence-electron chi connectivity index (χ4n) is 2.36. The summed E-state index contributed by atoms with van der Waals surface area (Å²) in [5, 5.41) is 14.3. The lowest BCUT2D eigenvalue weighted by atomic mass is 10.2. The molecular weight excluding hydrogens is 283 g/mol. The Morgan fingerprint density at radius 1 is 1.21 bits per heavy atom. The normalized spacial score (nSPS) is 17.8. The molecule has 3 nitrogen and oxygen atoms in total. The molecule has 0 bridgehead atoms. The Morgan fingerprint density at radius 3 is 2.63 bits per heavy atom. The van der Waals surface area contributed by atoms with Crippen LogP contribution in [0.25, 0.3) is 0 Å². The van der Waals surface area contributed by atoms with Crippen LogP contribution >= 0.6 is 23.2 Å². The minimum Gasteiger partial charge on any atom is -0.390 e. The molecule has 1 heterocycles. The zero-order valence-electron chi connectivity index (χ0n) is 10.9. The van der Waals surface area contributed by atoms with Gasteiger partial charge in [-0.15, -0.1) is 0 Å². The number of hydrogen-bond acceptors (Lipinski definition) is 3. The van der Waals surface area contributed by atoms with Gasteiger partial charge in [-0.1, -0.05) is 29.3 Å². The summed E-state index contributed by atoms with van der Waals surface area (Å²) in [5.41, 5.74) is 1.07. The van der Waals surface area contributed by atoms with Gasteiger partial charge in [0.15, 0.2) is 0 Å². The van der Waals surface area contributed by atoms with Crippen LogP contribution in [-0.2, 0) is 6.54 Å². The molecule has 2 N–H and O–H groups in total. The third-order valence-corrected chi connectivity index (χ3v) is 4.10. The number of likely N-dealkylation sites (tertiary alicyclic amines) is 1. The summed E-state index contributed by atoms with van der Waals surface area (Å²) < 4.78 is 0. The van der Waals surface area contributed by atoms with Crippen molar-refractivity contribution >= 4 is 23.2 Å². The maximum atomic E-state index is 9.93. The van der Waals surface area contributed by atoms with E-state index >= 15 is 0 Å². The maximum Gasteiger partial charge on any atom is 0.0791 e. The first-order chi connectivity index (χ1) is 9.15. The standard InChI is InChI=1S/C14H20Cl2N2O/c15-13-4-3-11(7-14(13)16)8-17-9-12(19)10-18-5-1-2-6-18/h3-4,7,12,17,19H,1-2,5-6,8-10H2. The van der Waals surface area contributed by atoms with Crippen LogP contribution in [0, 0.1) is 0 Å². The van der Waals surface area contributed by atoms with Crippen molar-refractivity contribution in [3.8, 4) is 0 Å². The second-order valence-corrected chi connectivity index (χ2v) is 5.86. The first-order valence-electron chi connectivity index (χ1n) is 6.70. The summed E-state index contributed by atoms with van der Waals surface area (Å²) in [4.78, 5) is 2.31. The third-order valence-electron chi connectivity index (χ3n) is 3.36. The molecule has 1 aromatic rings. The highest BCUT2D eigenvalue weighted by atomic mass is 35.5. The average molecular weight is 303 g/mol. The number of β-amino-alcohol motifs (C(OH)–C–C–N with tert-alkyl or cyclic N) is 1. The molecule has 1 saturated heterocycles. The van der Waals surface area contributed by atoms with E-state index in [9.17, 15) is 5.11 Å². The molecule has 0 spiro atoms. The van der Waals surface area contributed by atoms with E-state index in [1.54, 1.807) is 6.07 Å². The van der Waals surface area contributed by atoms with E-state index in [1.807, 2.05) is 12.1 Å². The molecular formula is C14H20Cl2N2O. The van der Waals surface area contributed by atoms with Crippen molar-refractivity contribution in [3.05, 3.63) is 33.8 Å². The van der Waals surface area contributed by atoms with Crippen LogP contribution in [0.2, 0.25) is 10.0 Å². The monoisotopic (exact) mass is 302 g/mol. The molecule has 1 aliphatic rings. The van der Waals surface area contributed by atoms with E-state index in [0.717, 1.165) is 25.2 Å². The number of aliphatic hydroxyl groups is 1.